The molecule has 3 nitrogen and oxygen atoms in total. The lowest BCUT2D eigenvalue weighted by atomic mass is 10.2. The normalized spacial score (nSPS) is 23.0. The lowest BCUT2D eigenvalue weighted by Gasteiger charge is -2.23. The summed E-state index contributed by atoms with van der Waals surface area (Å²) in [5, 5.41) is 2.09. The van der Waals surface area contributed by atoms with E-state index >= 15 is 0 Å². The quantitative estimate of drug-likeness (QED) is 0.604. The van der Waals surface area contributed by atoms with E-state index in [1.54, 1.807) is 0 Å². The first-order chi connectivity index (χ1) is 5.92. The van der Waals surface area contributed by atoms with Gasteiger partial charge in [0.2, 0.25) is 0 Å². The van der Waals surface area contributed by atoms with Gasteiger partial charge in [-0.2, -0.15) is 0 Å². The van der Waals surface area contributed by atoms with Crippen molar-refractivity contribution in [2.24, 2.45) is 0 Å². The van der Waals surface area contributed by atoms with E-state index < -0.39 is 0 Å². The molecule has 0 radical (unpaired) electrons. The van der Waals surface area contributed by atoms with E-state index in [0.29, 0.717) is 0 Å². The molecule has 12 heavy (non-hydrogen) atoms. The number of hydrogen-bond acceptors (Lipinski definition) is 2. The van der Waals surface area contributed by atoms with Crippen LogP contribution in [0.1, 0.15) is 12.8 Å². The topological polar surface area (TPSA) is 25.2 Å². The van der Waals surface area contributed by atoms with E-state index in [1.165, 1.54) is 0 Å². The van der Waals surface area contributed by atoms with Crippen molar-refractivity contribution in [3.63, 3.8) is 0 Å². The third-order valence-electron chi connectivity index (χ3n) is 2.31. The number of nitrogens with zero attached hydrogens (tertiary/aromatic N) is 2. The molecule has 1 aromatic rings. The molecule has 0 N–H and O–H groups in total. The standard InChI is InChI=1S/C9H12N2O/c12-8-9-4-3-7-11(9)10-5-1-2-6-10/h1-2,5-6,8-9H,3-4,7H2/t9-/m0/s1. The smallest absolute Gasteiger partial charge is 0.144 e. The molecule has 0 aliphatic carbocycles. The van der Waals surface area contributed by atoms with Crippen molar-refractivity contribution in [3.05, 3.63) is 24.5 Å². The van der Waals surface area contributed by atoms with Gasteiger partial charge in [0.15, 0.2) is 0 Å². The highest BCUT2D eigenvalue weighted by molar-refractivity contribution is 5.61. The van der Waals surface area contributed by atoms with Gasteiger partial charge in [0, 0.05) is 18.9 Å². The van der Waals surface area contributed by atoms with Gasteiger partial charge >= 0.3 is 0 Å². The lowest BCUT2D eigenvalue weighted by molar-refractivity contribution is -0.109. The van der Waals surface area contributed by atoms with Crippen molar-refractivity contribution in [1.82, 2.24) is 4.68 Å². The van der Waals surface area contributed by atoms with Crippen LogP contribution in [0.3, 0.4) is 0 Å². The zero-order valence-corrected chi connectivity index (χ0v) is 6.89. The number of rotatable bonds is 2. The summed E-state index contributed by atoms with van der Waals surface area (Å²) in [5.74, 6) is 0. The Hall–Kier alpha value is -1.25. The third kappa shape index (κ3) is 1.11. The van der Waals surface area contributed by atoms with Crippen molar-refractivity contribution >= 4 is 6.29 Å². The van der Waals surface area contributed by atoms with E-state index in [4.69, 9.17) is 0 Å². The van der Waals surface area contributed by atoms with Crippen LogP contribution >= 0.6 is 0 Å². The average molecular weight is 164 g/mol. The van der Waals surface area contributed by atoms with Gasteiger partial charge in [-0.15, -0.1) is 0 Å². The van der Waals surface area contributed by atoms with Crippen LogP contribution in [0.4, 0.5) is 0 Å². The molecule has 0 spiro atoms. The zero-order chi connectivity index (χ0) is 8.39. The minimum Gasteiger partial charge on any atom is -0.303 e. The average Bonchev–Trinajstić information content (AvgIpc) is 2.74. The summed E-state index contributed by atoms with van der Waals surface area (Å²) < 4.78 is 1.99. The summed E-state index contributed by atoms with van der Waals surface area (Å²) in [6, 6.07) is 4.03. The SMILES string of the molecule is O=C[C@@H]1CCCN1n1cccc1. The largest absolute Gasteiger partial charge is 0.303 e. The van der Waals surface area contributed by atoms with E-state index in [-0.39, 0.29) is 6.04 Å². The van der Waals surface area contributed by atoms with Crippen molar-refractivity contribution in [2.45, 2.75) is 18.9 Å². The molecule has 1 aliphatic heterocycles. The van der Waals surface area contributed by atoms with Gasteiger partial charge in [0.05, 0.1) is 0 Å². The second-order valence-electron chi connectivity index (χ2n) is 3.07. The maximum atomic E-state index is 10.7. The fraction of sp³-hybridized carbons (Fsp3) is 0.444. The number of carbonyl (C=O) groups excluding carboxylic acids is 1. The van der Waals surface area contributed by atoms with Gasteiger partial charge in [-0.3, -0.25) is 4.68 Å². The Bertz CT molecular complexity index is 256. The molecule has 1 atom stereocenters. The highest BCUT2D eigenvalue weighted by Crippen LogP contribution is 2.13. The Kier molecular flexibility index (Phi) is 1.86. The minimum atomic E-state index is 0.0809. The van der Waals surface area contributed by atoms with E-state index in [0.717, 1.165) is 25.7 Å². The summed E-state index contributed by atoms with van der Waals surface area (Å²) in [6.45, 7) is 0.984. The van der Waals surface area contributed by atoms with E-state index in [9.17, 15) is 4.79 Å². The molecular weight excluding hydrogens is 152 g/mol. The van der Waals surface area contributed by atoms with Gasteiger partial charge in [0.25, 0.3) is 0 Å². The fourth-order valence-electron chi connectivity index (χ4n) is 1.70. The van der Waals surface area contributed by atoms with Crippen molar-refractivity contribution < 1.29 is 4.79 Å². The van der Waals surface area contributed by atoms with Gasteiger partial charge in [-0.05, 0) is 25.0 Å². The lowest BCUT2D eigenvalue weighted by Crippen LogP contribution is -2.38. The molecule has 1 saturated heterocycles. The summed E-state index contributed by atoms with van der Waals surface area (Å²) in [7, 11) is 0. The van der Waals surface area contributed by atoms with Crippen LogP contribution in [0, 0.1) is 0 Å². The van der Waals surface area contributed by atoms with Crippen LogP contribution in [0.2, 0.25) is 0 Å². The van der Waals surface area contributed by atoms with Crippen molar-refractivity contribution in [3.8, 4) is 0 Å². The maximum absolute atomic E-state index is 10.7. The molecule has 1 aliphatic rings. The summed E-state index contributed by atoms with van der Waals surface area (Å²) in [5.41, 5.74) is 0. The number of hydrogen-bond donors (Lipinski definition) is 0. The Morgan fingerprint density at radius 1 is 1.33 bits per heavy atom. The second kappa shape index (κ2) is 3.01. The minimum absolute atomic E-state index is 0.0809. The summed E-state index contributed by atoms with van der Waals surface area (Å²) in [6.07, 6.45) is 7.08. The zero-order valence-electron chi connectivity index (χ0n) is 6.89. The summed E-state index contributed by atoms with van der Waals surface area (Å²) in [4.78, 5) is 10.7. The predicted molar refractivity (Wildman–Crippen MR) is 46.6 cm³/mol. The summed E-state index contributed by atoms with van der Waals surface area (Å²) >= 11 is 0. The number of aldehydes is 1. The monoisotopic (exact) mass is 164 g/mol. The highest BCUT2D eigenvalue weighted by atomic mass is 16.1. The third-order valence-corrected chi connectivity index (χ3v) is 2.31. The van der Waals surface area contributed by atoms with Crippen LogP contribution in [-0.2, 0) is 4.79 Å². The maximum Gasteiger partial charge on any atom is 0.144 e. The molecule has 0 amide bonds. The van der Waals surface area contributed by atoms with Gasteiger partial charge in [0.1, 0.15) is 12.3 Å². The van der Waals surface area contributed by atoms with Crippen molar-refractivity contribution in [2.75, 3.05) is 11.6 Å². The molecule has 0 saturated carbocycles. The Labute approximate surface area is 71.6 Å². The number of aromatic nitrogens is 1. The molecule has 1 aromatic heterocycles. The predicted octanol–water partition coefficient (Wildman–Crippen LogP) is 0.787. The molecule has 64 valence electrons. The van der Waals surface area contributed by atoms with E-state index in [1.807, 2.05) is 29.2 Å². The van der Waals surface area contributed by atoms with Crippen LogP contribution in [0.15, 0.2) is 24.5 Å². The molecule has 0 bridgehead atoms. The first kappa shape index (κ1) is 7.40. The number of carbonyl (C=O) groups is 1. The Balaban J connectivity index is 2.18. The van der Waals surface area contributed by atoms with Gasteiger partial charge in [-0.25, -0.2) is 0 Å². The van der Waals surface area contributed by atoms with Crippen LogP contribution < -0.4 is 5.01 Å². The molecule has 0 unspecified atom stereocenters. The molecular formula is C9H12N2O. The molecule has 3 heteroatoms. The molecule has 2 heterocycles. The van der Waals surface area contributed by atoms with Crippen LogP contribution in [-0.4, -0.2) is 23.5 Å². The molecule has 2 rings (SSSR count). The van der Waals surface area contributed by atoms with Crippen molar-refractivity contribution in [1.29, 1.82) is 0 Å². The van der Waals surface area contributed by atoms with Gasteiger partial charge < -0.3 is 9.80 Å². The Morgan fingerprint density at radius 3 is 2.75 bits per heavy atom. The fourth-order valence-corrected chi connectivity index (χ4v) is 1.70. The molecule has 1 fully saturated rings. The highest BCUT2D eigenvalue weighted by Gasteiger charge is 2.23. The van der Waals surface area contributed by atoms with Gasteiger partial charge in [-0.1, -0.05) is 0 Å². The first-order valence-electron chi connectivity index (χ1n) is 4.27. The molecule has 0 aromatic carbocycles. The van der Waals surface area contributed by atoms with E-state index in [2.05, 4.69) is 5.01 Å². The Morgan fingerprint density at radius 2 is 2.08 bits per heavy atom. The second-order valence-corrected chi connectivity index (χ2v) is 3.07. The van der Waals surface area contributed by atoms with Crippen LogP contribution in [0.5, 0.6) is 0 Å². The first-order valence-corrected chi connectivity index (χ1v) is 4.27. The van der Waals surface area contributed by atoms with Crippen LogP contribution in [0.25, 0.3) is 0 Å².